The van der Waals surface area contributed by atoms with Gasteiger partial charge in [-0.05, 0) is 62.3 Å². The maximum Gasteiger partial charge on any atom is 0.199 e. The van der Waals surface area contributed by atoms with Gasteiger partial charge in [0.25, 0.3) is 0 Å². The number of hydrogen-bond donors (Lipinski definition) is 2. The molecule has 0 amide bonds. The molecule has 0 aromatic rings. The summed E-state index contributed by atoms with van der Waals surface area (Å²) in [5, 5.41) is 23.2. The minimum Gasteiger partial charge on any atom is -0.388 e. The molecular weight excluding hydrogens is 432 g/mol. The first-order valence-electron chi connectivity index (χ1n) is 12.8. The molecule has 2 aliphatic heterocycles. The van der Waals surface area contributed by atoms with Gasteiger partial charge in [-0.15, -0.1) is 0 Å². The number of ketones is 2. The first-order valence-corrected chi connectivity index (χ1v) is 12.8. The predicted octanol–water partition coefficient (Wildman–Crippen LogP) is 3.42. The van der Waals surface area contributed by atoms with Crippen molar-refractivity contribution < 1.29 is 29.3 Å². The topological polar surface area (TPSA) is 93.1 Å². The van der Waals surface area contributed by atoms with Crippen LogP contribution in [0.25, 0.3) is 0 Å². The fourth-order valence-corrected chi connectivity index (χ4v) is 8.52. The Morgan fingerprint density at radius 1 is 0.912 bits per heavy atom. The minimum absolute atomic E-state index is 0.0287. The van der Waals surface area contributed by atoms with Crippen LogP contribution >= 0.6 is 0 Å². The van der Waals surface area contributed by atoms with Crippen molar-refractivity contribution in [3.8, 4) is 0 Å². The van der Waals surface area contributed by atoms with E-state index in [-0.39, 0.29) is 29.3 Å². The van der Waals surface area contributed by atoms with E-state index in [1.165, 1.54) is 6.08 Å². The number of aliphatic hydroxyl groups excluding tert-OH is 2. The predicted molar refractivity (Wildman–Crippen MR) is 124 cm³/mol. The highest BCUT2D eigenvalue weighted by atomic mass is 16.7. The van der Waals surface area contributed by atoms with Crippen LogP contribution in [0.5, 0.6) is 0 Å². The molecule has 3 fully saturated rings. The number of carbonyl (C=O) groups is 2. The van der Waals surface area contributed by atoms with Crippen LogP contribution in [0.2, 0.25) is 0 Å². The Morgan fingerprint density at radius 3 is 2.26 bits per heavy atom. The van der Waals surface area contributed by atoms with E-state index in [2.05, 4.69) is 13.8 Å². The lowest BCUT2D eigenvalue weighted by Gasteiger charge is -2.64. The highest BCUT2D eigenvalue weighted by molar-refractivity contribution is 6.13. The van der Waals surface area contributed by atoms with E-state index in [4.69, 9.17) is 9.47 Å². The number of carbonyl (C=O) groups excluding carboxylic acids is 2. The largest absolute Gasteiger partial charge is 0.388 e. The fourth-order valence-electron chi connectivity index (χ4n) is 8.52. The molecule has 6 aliphatic rings. The highest BCUT2D eigenvalue weighted by Gasteiger charge is 2.78. The van der Waals surface area contributed by atoms with E-state index in [9.17, 15) is 19.8 Å². The van der Waals surface area contributed by atoms with Gasteiger partial charge >= 0.3 is 0 Å². The normalized spacial score (nSPS) is 53.1. The third kappa shape index (κ3) is 2.28. The van der Waals surface area contributed by atoms with Crippen molar-refractivity contribution in [2.45, 2.75) is 96.4 Å². The maximum absolute atomic E-state index is 13.4. The van der Waals surface area contributed by atoms with Crippen LogP contribution in [0.3, 0.4) is 0 Å². The molecule has 184 valence electrons. The van der Waals surface area contributed by atoms with Crippen molar-refractivity contribution in [3.63, 3.8) is 0 Å². The van der Waals surface area contributed by atoms with Crippen molar-refractivity contribution in [1.82, 2.24) is 0 Å². The Labute approximate surface area is 201 Å². The van der Waals surface area contributed by atoms with Crippen LogP contribution in [-0.2, 0) is 19.1 Å². The van der Waals surface area contributed by atoms with Crippen molar-refractivity contribution in [2.75, 3.05) is 0 Å². The molecule has 2 heterocycles. The van der Waals surface area contributed by atoms with Crippen LogP contribution in [0.1, 0.15) is 67.2 Å². The first kappa shape index (κ1) is 22.8. The zero-order valence-corrected chi connectivity index (χ0v) is 21.0. The molecule has 1 saturated carbocycles. The van der Waals surface area contributed by atoms with Gasteiger partial charge in [0.1, 0.15) is 11.7 Å². The van der Waals surface area contributed by atoms with Gasteiger partial charge in [0, 0.05) is 34.7 Å². The molecule has 2 N–H and O–H groups in total. The zero-order valence-electron chi connectivity index (χ0n) is 21.0. The van der Waals surface area contributed by atoms with Crippen LogP contribution < -0.4 is 0 Å². The third-order valence-corrected chi connectivity index (χ3v) is 11.0. The number of rotatable bonds is 0. The van der Waals surface area contributed by atoms with E-state index in [1.807, 2.05) is 33.8 Å². The van der Waals surface area contributed by atoms with E-state index in [0.29, 0.717) is 24.8 Å². The second-order valence-electron chi connectivity index (χ2n) is 12.6. The van der Waals surface area contributed by atoms with Crippen LogP contribution in [0, 0.1) is 28.6 Å². The molecule has 4 aliphatic carbocycles. The van der Waals surface area contributed by atoms with Crippen LogP contribution in [0.4, 0.5) is 0 Å². The molecule has 34 heavy (non-hydrogen) atoms. The standard InChI is InChI=1S/C28H36O6/c1-14-17-8-10-27(34-28(14)23(32)15(2)24(3,4)33-28)19-12-21(30)20-11-16(29)7-9-25(20,5)18(19)13-22(31)26(17,27)6/h11-15,17,22-23,31-32H,7-10H2,1-6H3/t14-,15-,17-,22+,23+,25+,26-,27+,28+/m0/s1. The second-order valence-corrected chi connectivity index (χ2v) is 12.6. The summed E-state index contributed by atoms with van der Waals surface area (Å²) in [6.45, 7) is 12.1. The molecule has 0 aromatic carbocycles. The average molecular weight is 469 g/mol. The molecule has 1 spiro atoms. The van der Waals surface area contributed by atoms with Gasteiger partial charge in [-0.25, -0.2) is 0 Å². The number of allylic oxidation sites excluding steroid dienone is 3. The first-order chi connectivity index (χ1) is 15.7. The lowest BCUT2D eigenvalue weighted by atomic mass is 9.49. The van der Waals surface area contributed by atoms with E-state index in [0.717, 1.165) is 17.6 Å². The summed E-state index contributed by atoms with van der Waals surface area (Å²) >= 11 is 0. The molecule has 0 aromatic heterocycles. The van der Waals surface area contributed by atoms with Crippen molar-refractivity contribution in [3.05, 3.63) is 34.9 Å². The minimum atomic E-state index is -1.21. The fraction of sp³-hybridized carbons (Fsp3) is 0.714. The van der Waals surface area contributed by atoms with Gasteiger partial charge in [-0.2, -0.15) is 0 Å². The summed E-state index contributed by atoms with van der Waals surface area (Å²) in [4.78, 5) is 25.6. The zero-order chi connectivity index (χ0) is 24.6. The van der Waals surface area contributed by atoms with E-state index in [1.54, 1.807) is 6.08 Å². The summed E-state index contributed by atoms with van der Waals surface area (Å²) in [7, 11) is 0. The smallest absolute Gasteiger partial charge is 0.199 e. The number of ether oxygens (including phenoxy) is 2. The third-order valence-electron chi connectivity index (χ3n) is 11.0. The lowest BCUT2D eigenvalue weighted by Crippen LogP contribution is -2.70. The van der Waals surface area contributed by atoms with Gasteiger partial charge < -0.3 is 19.7 Å². The molecule has 0 unspecified atom stereocenters. The maximum atomic E-state index is 13.4. The summed E-state index contributed by atoms with van der Waals surface area (Å²) in [6, 6.07) is 0. The SMILES string of the molecule is C[C@H]1[C@@H](O)[C@]2(OC1(C)C)O[C@@]13CC[C@@H]([C@@H]2C)[C@@]1(C)[C@H](O)C=C1C3=CC(=O)C2=CC(=O)CC[C@@]21C. The summed E-state index contributed by atoms with van der Waals surface area (Å²) in [6.07, 6.45) is 5.81. The summed E-state index contributed by atoms with van der Waals surface area (Å²) < 4.78 is 13.7. The Kier molecular flexibility index (Phi) is 4.29. The van der Waals surface area contributed by atoms with Gasteiger partial charge in [-0.3, -0.25) is 9.59 Å². The van der Waals surface area contributed by atoms with Gasteiger partial charge in [0.15, 0.2) is 17.4 Å². The van der Waals surface area contributed by atoms with Gasteiger partial charge in [0.05, 0.1) is 11.7 Å². The molecular formula is C28H36O6. The quantitative estimate of drug-likeness (QED) is 0.566. The van der Waals surface area contributed by atoms with Gasteiger partial charge in [-0.1, -0.05) is 33.8 Å². The molecule has 6 rings (SSSR count). The van der Waals surface area contributed by atoms with Crippen LogP contribution in [0.15, 0.2) is 34.9 Å². The second kappa shape index (κ2) is 6.39. The molecule has 6 nitrogen and oxygen atoms in total. The Hall–Kier alpha value is -1.60. The molecule has 9 atom stereocenters. The number of aliphatic hydroxyl groups is 2. The number of hydrogen-bond acceptors (Lipinski definition) is 6. The average Bonchev–Trinajstić information content (AvgIpc) is 3.10. The lowest BCUT2D eigenvalue weighted by molar-refractivity contribution is -0.382. The highest BCUT2D eigenvalue weighted by Crippen LogP contribution is 2.73. The molecule has 2 bridgehead atoms. The monoisotopic (exact) mass is 468 g/mol. The Balaban J connectivity index is 1.58. The van der Waals surface area contributed by atoms with Crippen molar-refractivity contribution in [2.24, 2.45) is 28.6 Å². The molecule has 0 radical (unpaired) electrons. The van der Waals surface area contributed by atoms with Crippen LogP contribution in [-0.4, -0.2) is 51.0 Å². The van der Waals surface area contributed by atoms with E-state index >= 15 is 0 Å². The Morgan fingerprint density at radius 2 is 1.62 bits per heavy atom. The van der Waals surface area contributed by atoms with Crippen molar-refractivity contribution >= 4 is 11.6 Å². The van der Waals surface area contributed by atoms with Gasteiger partial charge in [0.2, 0.25) is 0 Å². The summed E-state index contributed by atoms with van der Waals surface area (Å²) in [5.74, 6) is -1.64. The molecule has 6 heteroatoms. The summed E-state index contributed by atoms with van der Waals surface area (Å²) in [5.41, 5.74) is -0.639. The van der Waals surface area contributed by atoms with Crippen molar-refractivity contribution in [1.29, 1.82) is 0 Å². The van der Waals surface area contributed by atoms with E-state index < -0.39 is 40.0 Å². The molecule has 2 saturated heterocycles. The Bertz CT molecular complexity index is 1110. The number of fused-ring (bicyclic) bond motifs is 3.